The van der Waals surface area contributed by atoms with Gasteiger partial charge in [-0.2, -0.15) is 0 Å². The van der Waals surface area contributed by atoms with Crippen LogP contribution in [0.3, 0.4) is 0 Å². The Kier molecular flexibility index (Phi) is 4.33. The number of hydrogen-bond acceptors (Lipinski definition) is 2. The summed E-state index contributed by atoms with van der Waals surface area (Å²) in [7, 11) is 0. The van der Waals surface area contributed by atoms with Gasteiger partial charge in [0.2, 0.25) is 0 Å². The summed E-state index contributed by atoms with van der Waals surface area (Å²) in [5, 5.41) is 21.8. The number of aliphatic hydroxyl groups is 1. The molecule has 2 aromatic rings. The lowest BCUT2D eigenvalue weighted by molar-refractivity contribution is -0.0158. The maximum atomic E-state index is 11.3. The second-order valence-electron chi connectivity index (χ2n) is 9.22. The molecule has 3 heteroatoms. The van der Waals surface area contributed by atoms with E-state index in [9.17, 15) is 10.2 Å². The van der Waals surface area contributed by atoms with Crippen LogP contribution in [0.1, 0.15) is 55.2 Å². The summed E-state index contributed by atoms with van der Waals surface area (Å²) in [6, 6.07) is 13.8. The van der Waals surface area contributed by atoms with Crippen LogP contribution in [0.5, 0.6) is 5.75 Å². The van der Waals surface area contributed by atoms with Crippen molar-refractivity contribution in [3.8, 4) is 5.75 Å². The van der Waals surface area contributed by atoms with Crippen molar-refractivity contribution in [2.24, 2.45) is 17.3 Å². The number of halogens is 1. The van der Waals surface area contributed by atoms with E-state index in [1.165, 1.54) is 16.7 Å². The van der Waals surface area contributed by atoms with E-state index in [-0.39, 0.29) is 11.5 Å². The molecule has 0 amide bonds. The normalized spacial score (nSPS) is 35.3. The highest BCUT2D eigenvalue weighted by Crippen LogP contribution is 2.62. The zero-order chi connectivity index (χ0) is 19.5. The molecule has 0 saturated heterocycles. The number of aryl methyl sites for hydroxylation is 1. The van der Waals surface area contributed by atoms with Gasteiger partial charge in [0.05, 0.1) is 6.10 Å². The molecule has 5 atom stereocenters. The predicted molar refractivity (Wildman–Crippen MR) is 114 cm³/mol. The van der Waals surface area contributed by atoms with Crippen LogP contribution < -0.4 is 0 Å². The quantitative estimate of drug-likeness (QED) is 0.626. The van der Waals surface area contributed by atoms with Crippen molar-refractivity contribution in [2.45, 2.75) is 51.0 Å². The van der Waals surface area contributed by atoms with Crippen molar-refractivity contribution in [3.63, 3.8) is 0 Å². The summed E-state index contributed by atoms with van der Waals surface area (Å²) >= 11 is 6.02. The SMILES string of the molecule is C[C@@]12CC[C@H]3c4ccc(O)cc4CC[C@@H]3[C@@H]1C/C(=C\c1ccc(Cl)cc1)[C@@H]2O. The van der Waals surface area contributed by atoms with Gasteiger partial charge in [-0.25, -0.2) is 0 Å². The topological polar surface area (TPSA) is 40.5 Å². The molecular formula is C25H27ClO2. The van der Waals surface area contributed by atoms with E-state index in [0.717, 1.165) is 42.7 Å². The van der Waals surface area contributed by atoms with E-state index in [1.807, 2.05) is 36.4 Å². The molecule has 3 aliphatic rings. The average Bonchev–Trinajstić information content (AvgIpc) is 2.94. The highest BCUT2D eigenvalue weighted by Gasteiger charge is 2.56. The first kappa shape index (κ1) is 18.3. The lowest BCUT2D eigenvalue weighted by atomic mass is 9.55. The van der Waals surface area contributed by atoms with Gasteiger partial charge in [0.1, 0.15) is 5.75 Å². The van der Waals surface area contributed by atoms with Gasteiger partial charge < -0.3 is 10.2 Å². The highest BCUT2D eigenvalue weighted by atomic mass is 35.5. The van der Waals surface area contributed by atoms with Crippen LogP contribution in [-0.4, -0.2) is 16.3 Å². The van der Waals surface area contributed by atoms with Crippen LogP contribution in [0, 0.1) is 17.3 Å². The van der Waals surface area contributed by atoms with Gasteiger partial charge in [-0.05, 0) is 96.4 Å². The van der Waals surface area contributed by atoms with Gasteiger partial charge in [0.25, 0.3) is 0 Å². The smallest absolute Gasteiger partial charge is 0.115 e. The van der Waals surface area contributed by atoms with Crippen molar-refractivity contribution in [3.05, 3.63) is 69.8 Å². The number of fused-ring (bicyclic) bond motifs is 5. The Labute approximate surface area is 171 Å². The van der Waals surface area contributed by atoms with Crippen LogP contribution in [0.2, 0.25) is 5.02 Å². The fourth-order valence-electron chi connectivity index (χ4n) is 6.34. The average molecular weight is 395 g/mol. The molecule has 2 aromatic carbocycles. The maximum Gasteiger partial charge on any atom is 0.115 e. The lowest BCUT2D eigenvalue weighted by Crippen LogP contribution is -2.44. The van der Waals surface area contributed by atoms with Crippen molar-refractivity contribution < 1.29 is 10.2 Å². The van der Waals surface area contributed by atoms with Crippen molar-refractivity contribution in [1.29, 1.82) is 0 Å². The fraction of sp³-hybridized carbons (Fsp3) is 0.440. The molecule has 2 saturated carbocycles. The molecule has 0 radical (unpaired) electrons. The molecule has 0 aromatic heterocycles. The number of benzene rings is 2. The Morgan fingerprint density at radius 2 is 1.89 bits per heavy atom. The minimum atomic E-state index is -0.365. The zero-order valence-electron chi connectivity index (χ0n) is 16.2. The maximum absolute atomic E-state index is 11.3. The number of aromatic hydroxyl groups is 1. The predicted octanol–water partition coefficient (Wildman–Crippen LogP) is 5.96. The van der Waals surface area contributed by atoms with E-state index in [1.54, 1.807) is 0 Å². The summed E-state index contributed by atoms with van der Waals surface area (Å²) in [6.45, 7) is 2.30. The Balaban J connectivity index is 1.47. The van der Waals surface area contributed by atoms with Crippen LogP contribution in [-0.2, 0) is 6.42 Å². The minimum absolute atomic E-state index is 0.0339. The third-order valence-corrected chi connectivity index (χ3v) is 8.05. The van der Waals surface area contributed by atoms with Crippen LogP contribution >= 0.6 is 11.6 Å². The van der Waals surface area contributed by atoms with E-state index < -0.39 is 0 Å². The van der Waals surface area contributed by atoms with Gasteiger partial charge in [0, 0.05) is 10.4 Å². The molecule has 146 valence electrons. The third-order valence-electron chi connectivity index (χ3n) is 7.80. The minimum Gasteiger partial charge on any atom is -0.508 e. The van der Waals surface area contributed by atoms with E-state index in [4.69, 9.17) is 11.6 Å². The van der Waals surface area contributed by atoms with Gasteiger partial charge in [0.15, 0.2) is 0 Å². The number of rotatable bonds is 1. The molecule has 2 nitrogen and oxygen atoms in total. The largest absolute Gasteiger partial charge is 0.508 e. The Morgan fingerprint density at radius 3 is 2.68 bits per heavy atom. The Bertz CT molecular complexity index is 932. The zero-order valence-corrected chi connectivity index (χ0v) is 17.0. The molecular weight excluding hydrogens is 368 g/mol. The molecule has 28 heavy (non-hydrogen) atoms. The lowest BCUT2D eigenvalue weighted by Gasteiger charge is -2.49. The molecule has 0 aliphatic heterocycles. The van der Waals surface area contributed by atoms with Crippen molar-refractivity contribution in [2.75, 3.05) is 0 Å². The van der Waals surface area contributed by atoms with Crippen molar-refractivity contribution in [1.82, 2.24) is 0 Å². The molecule has 2 fully saturated rings. The van der Waals surface area contributed by atoms with Crippen molar-refractivity contribution >= 4 is 17.7 Å². The first-order chi connectivity index (χ1) is 13.5. The standard InChI is InChI=1S/C25H27ClO2/c1-25-11-10-21-20-9-7-19(27)13-16(20)4-8-22(21)23(25)14-17(24(25)28)12-15-2-5-18(26)6-3-15/h2-3,5-7,9,12-13,21-24,27-28H,4,8,10-11,14H2,1H3/b17-12+/t21-,22-,23-,24-,25+/m0/s1. The second-order valence-corrected chi connectivity index (χ2v) is 9.66. The Hall–Kier alpha value is -1.77. The molecule has 2 N–H and O–H groups in total. The molecule has 0 bridgehead atoms. The first-order valence-corrected chi connectivity index (χ1v) is 10.8. The monoisotopic (exact) mass is 394 g/mol. The summed E-state index contributed by atoms with van der Waals surface area (Å²) < 4.78 is 0. The molecule has 3 aliphatic carbocycles. The van der Waals surface area contributed by atoms with Crippen LogP contribution in [0.25, 0.3) is 6.08 Å². The summed E-state index contributed by atoms with van der Waals surface area (Å²) in [6.07, 6.45) is 7.16. The first-order valence-electron chi connectivity index (χ1n) is 10.4. The molecule has 0 heterocycles. The van der Waals surface area contributed by atoms with Gasteiger partial charge in [-0.15, -0.1) is 0 Å². The van der Waals surface area contributed by atoms with E-state index >= 15 is 0 Å². The molecule has 0 spiro atoms. The Morgan fingerprint density at radius 1 is 1.11 bits per heavy atom. The van der Waals surface area contributed by atoms with Crippen LogP contribution in [0.15, 0.2) is 48.0 Å². The van der Waals surface area contributed by atoms with Gasteiger partial charge >= 0.3 is 0 Å². The summed E-state index contributed by atoms with van der Waals surface area (Å²) in [5.74, 6) is 2.06. The summed E-state index contributed by atoms with van der Waals surface area (Å²) in [4.78, 5) is 0. The number of phenols is 1. The summed E-state index contributed by atoms with van der Waals surface area (Å²) in [5.41, 5.74) is 5.00. The number of hydrogen-bond donors (Lipinski definition) is 2. The van der Waals surface area contributed by atoms with E-state index in [2.05, 4.69) is 19.1 Å². The van der Waals surface area contributed by atoms with E-state index in [0.29, 0.717) is 23.5 Å². The fourth-order valence-corrected chi connectivity index (χ4v) is 6.47. The van der Waals surface area contributed by atoms with Gasteiger partial charge in [-0.3, -0.25) is 0 Å². The third kappa shape index (κ3) is 2.81. The van der Waals surface area contributed by atoms with Gasteiger partial charge in [-0.1, -0.05) is 42.8 Å². The number of phenolic OH excluding ortho intramolecular Hbond substituents is 1. The number of aliphatic hydroxyl groups excluding tert-OH is 1. The highest BCUT2D eigenvalue weighted by molar-refractivity contribution is 6.30. The van der Waals surface area contributed by atoms with Crippen LogP contribution in [0.4, 0.5) is 0 Å². The molecule has 0 unspecified atom stereocenters. The second kappa shape index (κ2) is 6.64. The molecule has 5 rings (SSSR count).